The molecule has 2 N–H and O–H groups in total. The zero-order valence-electron chi connectivity index (χ0n) is 8.84. The molecule has 0 aliphatic heterocycles. The van der Waals surface area contributed by atoms with Crippen LogP contribution in [0.2, 0.25) is 5.02 Å². The molecule has 0 aliphatic carbocycles. The van der Waals surface area contributed by atoms with E-state index in [1.54, 1.807) is 0 Å². The Labute approximate surface area is 115 Å². The molecule has 0 radical (unpaired) electrons. The minimum Gasteiger partial charge on any atom is -0.546 e. The first-order valence-corrected chi connectivity index (χ1v) is 5.88. The van der Waals surface area contributed by atoms with Crippen LogP contribution < -0.4 is 33.8 Å². The quantitative estimate of drug-likeness (QED) is 0.563. The average molecular weight is 272 g/mol. The zero-order chi connectivity index (χ0) is 12.3. The van der Waals surface area contributed by atoms with Crippen molar-refractivity contribution in [2.45, 2.75) is 4.90 Å². The Kier molecular flexibility index (Phi) is 6.02. The normalized spacial score (nSPS) is 10.5. The van der Waals surface area contributed by atoms with Crippen LogP contribution >= 0.6 is 11.6 Å². The van der Waals surface area contributed by atoms with Gasteiger partial charge in [0, 0.05) is 0 Å². The number of aliphatic carboxylic acids is 1. The molecule has 0 fully saturated rings. The predicted molar refractivity (Wildman–Crippen MR) is 53.3 cm³/mol. The molecule has 0 saturated heterocycles. The molecule has 0 saturated carbocycles. The van der Waals surface area contributed by atoms with E-state index in [-0.39, 0.29) is 34.5 Å². The molecule has 88 valence electrons. The van der Waals surface area contributed by atoms with Gasteiger partial charge in [-0.3, -0.25) is 0 Å². The Bertz CT molecular complexity index is 519. The third kappa shape index (κ3) is 4.98. The van der Waals surface area contributed by atoms with E-state index in [2.05, 4.69) is 0 Å². The van der Waals surface area contributed by atoms with Crippen molar-refractivity contribution < 1.29 is 41.9 Å². The van der Waals surface area contributed by atoms with Crippen LogP contribution in [0.25, 0.3) is 0 Å². The van der Waals surface area contributed by atoms with Gasteiger partial charge in [0.15, 0.2) is 0 Å². The Morgan fingerprint density at radius 1 is 1.47 bits per heavy atom. The van der Waals surface area contributed by atoms with Crippen LogP contribution in [0.3, 0.4) is 0 Å². The molecule has 0 aliphatic rings. The summed E-state index contributed by atoms with van der Waals surface area (Å²) in [6.45, 7) is -0.672. The minimum absolute atomic E-state index is 0. The van der Waals surface area contributed by atoms with Gasteiger partial charge >= 0.3 is 18.9 Å². The number of benzene rings is 1. The van der Waals surface area contributed by atoms with Crippen molar-refractivity contribution in [1.82, 2.24) is 0 Å². The second-order valence-corrected chi connectivity index (χ2v) is 4.77. The number of sulfonamides is 1. The molecular formula is C8H7ClLiNO5S. The van der Waals surface area contributed by atoms with Crippen molar-refractivity contribution in [3.63, 3.8) is 0 Å². The minimum atomic E-state index is -3.84. The molecule has 0 unspecified atom stereocenters. The van der Waals surface area contributed by atoms with E-state index in [1.807, 2.05) is 0 Å². The average Bonchev–Trinajstić information content (AvgIpc) is 2.14. The zero-order valence-corrected chi connectivity index (χ0v) is 10.4. The summed E-state index contributed by atoms with van der Waals surface area (Å²) in [4.78, 5) is 9.93. The van der Waals surface area contributed by atoms with E-state index < -0.39 is 22.6 Å². The van der Waals surface area contributed by atoms with E-state index in [4.69, 9.17) is 21.5 Å². The van der Waals surface area contributed by atoms with Crippen molar-refractivity contribution in [2.75, 3.05) is 6.61 Å². The molecule has 0 heterocycles. The summed E-state index contributed by atoms with van der Waals surface area (Å²) in [5.74, 6) is -1.37. The Balaban J connectivity index is 0.00000256. The third-order valence-electron chi connectivity index (χ3n) is 1.58. The Morgan fingerprint density at radius 3 is 2.47 bits per heavy atom. The second-order valence-electron chi connectivity index (χ2n) is 2.80. The number of primary sulfonamides is 1. The van der Waals surface area contributed by atoms with Crippen molar-refractivity contribution in [3.8, 4) is 5.75 Å². The number of carbonyl (C=O) groups excluding carboxylic acids is 1. The maximum Gasteiger partial charge on any atom is 1.00 e. The number of hydrogen-bond acceptors (Lipinski definition) is 5. The van der Waals surface area contributed by atoms with E-state index >= 15 is 0 Å². The molecule has 0 atom stereocenters. The third-order valence-corrected chi connectivity index (χ3v) is 2.78. The fraction of sp³-hybridized carbons (Fsp3) is 0.125. The van der Waals surface area contributed by atoms with Crippen LogP contribution in [0.1, 0.15) is 0 Å². The van der Waals surface area contributed by atoms with E-state index in [0.717, 1.165) is 12.1 Å². The van der Waals surface area contributed by atoms with E-state index in [1.165, 1.54) is 6.07 Å². The fourth-order valence-corrected chi connectivity index (χ4v) is 1.75. The number of nitrogens with two attached hydrogens (primary N) is 1. The number of ether oxygens (including phenoxy) is 1. The van der Waals surface area contributed by atoms with E-state index in [0.29, 0.717) is 0 Å². The summed E-state index contributed by atoms with van der Waals surface area (Å²) in [6, 6.07) is 3.44. The maximum atomic E-state index is 10.9. The van der Waals surface area contributed by atoms with Crippen LogP contribution in [0.4, 0.5) is 0 Å². The SMILES string of the molecule is NS(=O)(=O)c1ccc(OCC(=O)[O-])c(Cl)c1.[Li+]. The second kappa shape index (κ2) is 6.28. The smallest absolute Gasteiger partial charge is 0.546 e. The van der Waals surface area contributed by atoms with Gasteiger partial charge in [0.25, 0.3) is 0 Å². The first-order chi connectivity index (χ1) is 7.30. The molecule has 9 heteroatoms. The van der Waals surface area contributed by atoms with Gasteiger partial charge < -0.3 is 14.6 Å². The van der Waals surface area contributed by atoms with Crippen molar-refractivity contribution in [2.24, 2.45) is 5.14 Å². The summed E-state index contributed by atoms with van der Waals surface area (Å²) in [5, 5.41) is 14.9. The first-order valence-electron chi connectivity index (χ1n) is 3.95. The molecule has 0 amide bonds. The van der Waals surface area contributed by atoms with Gasteiger partial charge in [0.05, 0.1) is 15.9 Å². The summed E-state index contributed by atoms with van der Waals surface area (Å²) in [6.07, 6.45) is 0. The van der Waals surface area contributed by atoms with Crippen LogP contribution in [-0.4, -0.2) is 21.0 Å². The predicted octanol–water partition coefficient (Wildman–Crippen LogP) is -3.88. The Morgan fingerprint density at radius 2 is 2.06 bits per heavy atom. The fourth-order valence-electron chi connectivity index (χ4n) is 0.912. The number of carboxylic acid groups (broad SMARTS) is 1. The van der Waals surface area contributed by atoms with Crippen molar-refractivity contribution in [1.29, 1.82) is 0 Å². The summed E-state index contributed by atoms with van der Waals surface area (Å²) in [7, 11) is -3.84. The van der Waals surface area contributed by atoms with Gasteiger partial charge in [-0.25, -0.2) is 13.6 Å². The number of rotatable bonds is 4. The van der Waals surface area contributed by atoms with Crippen LogP contribution in [0.5, 0.6) is 5.75 Å². The molecule has 0 spiro atoms. The van der Waals surface area contributed by atoms with Gasteiger partial charge in [-0.05, 0) is 18.2 Å². The molecule has 17 heavy (non-hydrogen) atoms. The largest absolute Gasteiger partial charge is 1.00 e. The Hall–Kier alpha value is -0.713. The van der Waals surface area contributed by atoms with Gasteiger partial charge in [-0.1, -0.05) is 11.6 Å². The van der Waals surface area contributed by atoms with Gasteiger partial charge in [-0.2, -0.15) is 0 Å². The standard InChI is InChI=1S/C8H8ClNO5S.Li/c9-6-3-5(16(10,13)14)1-2-7(6)15-4-8(11)12;/h1-3H,4H2,(H,11,12)(H2,10,13,14);/q;+1/p-1. The molecule has 1 aromatic carbocycles. The number of carbonyl (C=O) groups is 1. The first kappa shape index (κ1) is 16.3. The topological polar surface area (TPSA) is 110 Å². The van der Waals surface area contributed by atoms with Gasteiger partial charge in [-0.15, -0.1) is 0 Å². The van der Waals surface area contributed by atoms with Crippen molar-refractivity contribution >= 4 is 27.6 Å². The monoisotopic (exact) mass is 271 g/mol. The molecule has 1 aromatic rings. The summed E-state index contributed by atoms with van der Waals surface area (Å²) in [5.41, 5.74) is 0. The van der Waals surface area contributed by atoms with Crippen LogP contribution in [0.15, 0.2) is 23.1 Å². The summed E-state index contributed by atoms with van der Waals surface area (Å²) < 4.78 is 26.6. The van der Waals surface area contributed by atoms with Gasteiger partial charge in [0.2, 0.25) is 10.0 Å². The molecule has 0 bridgehead atoms. The van der Waals surface area contributed by atoms with Crippen LogP contribution in [-0.2, 0) is 14.8 Å². The molecule has 0 aromatic heterocycles. The maximum absolute atomic E-state index is 10.9. The molecule has 1 rings (SSSR count). The summed E-state index contributed by atoms with van der Waals surface area (Å²) >= 11 is 5.66. The van der Waals surface area contributed by atoms with Crippen molar-refractivity contribution in [3.05, 3.63) is 23.2 Å². The number of carboxylic acids is 1. The number of hydrogen-bond donors (Lipinski definition) is 1. The van der Waals surface area contributed by atoms with Gasteiger partial charge in [0.1, 0.15) is 12.4 Å². The molecule has 6 nitrogen and oxygen atoms in total. The van der Waals surface area contributed by atoms with E-state index in [9.17, 15) is 18.3 Å². The number of halogens is 1. The van der Waals surface area contributed by atoms with Crippen LogP contribution in [0, 0.1) is 0 Å². The molecular weight excluding hydrogens is 265 g/mol.